The van der Waals surface area contributed by atoms with E-state index in [-0.39, 0.29) is 5.91 Å². The lowest BCUT2D eigenvalue weighted by Gasteiger charge is -2.07. The van der Waals surface area contributed by atoms with Crippen LogP contribution in [0.1, 0.15) is 0 Å². The summed E-state index contributed by atoms with van der Waals surface area (Å²) < 4.78 is 0. The number of rotatable bonds is 3. The fraction of sp³-hybridized carbons (Fsp3) is 0.167. The zero-order valence-electron chi connectivity index (χ0n) is 9.03. The Hall–Kier alpha value is -1.94. The number of anilines is 1. The van der Waals surface area contributed by atoms with Gasteiger partial charge >= 0.3 is 0 Å². The number of benzene rings is 1. The van der Waals surface area contributed by atoms with Crippen LogP contribution in [0.15, 0.2) is 36.5 Å². The molecule has 0 aliphatic rings. The standard InChI is InChI=1S/C12H13N3O/c1-13-8-11(16)15-10-6-2-4-9-5-3-7-14-12(9)10/h2-7,13H,8H2,1H3,(H,15,16). The van der Waals surface area contributed by atoms with Crippen LogP contribution in [-0.2, 0) is 4.79 Å². The maximum atomic E-state index is 11.5. The van der Waals surface area contributed by atoms with Crippen molar-refractivity contribution in [2.24, 2.45) is 0 Å². The van der Waals surface area contributed by atoms with Crippen LogP contribution in [0.3, 0.4) is 0 Å². The average molecular weight is 215 g/mol. The molecule has 0 saturated heterocycles. The molecule has 2 aromatic rings. The number of fused-ring (bicyclic) bond motifs is 1. The van der Waals surface area contributed by atoms with Gasteiger partial charge in [0.15, 0.2) is 0 Å². The van der Waals surface area contributed by atoms with Crippen molar-refractivity contribution in [1.29, 1.82) is 0 Å². The fourth-order valence-corrected chi connectivity index (χ4v) is 1.56. The fourth-order valence-electron chi connectivity index (χ4n) is 1.56. The molecule has 1 aromatic carbocycles. The lowest BCUT2D eigenvalue weighted by atomic mass is 10.2. The molecule has 82 valence electrons. The SMILES string of the molecule is CNCC(=O)Nc1cccc2cccnc12. The molecule has 2 rings (SSSR count). The highest BCUT2D eigenvalue weighted by Crippen LogP contribution is 2.20. The Kier molecular flexibility index (Phi) is 3.12. The van der Waals surface area contributed by atoms with Crippen molar-refractivity contribution in [2.75, 3.05) is 18.9 Å². The second-order valence-corrected chi connectivity index (χ2v) is 3.46. The Balaban J connectivity index is 2.33. The molecule has 0 aliphatic heterocycles. The number of carbonyl (C=O) groups is 1. The van der Waals surface area contributed by atoms with Crippen LogP contribution in [0.5, 0.6) is 0 Å². The molecule has 0 spiro atoms. The Labute approximate surface area is 93.7 Å². The number of likely N-dealkylation sites (N-methyl/N-ethyl adjacent to an activating group) is 1. The smallest absolute Gasteiger partial charge is 0.238 e. The molecule has 4 heteroatoms. The van der Waals surface area contributed by atoms with Crippen LogP contribution >= 0.6 is 0 Å². The minimum absolute atomic E-state index is 0.0688. The minimum atomic E-state index is -0.0688. The van der Waals surface area contributed by atoms with Crippen LogP contribution in [-0.4, -0.2) is 24.5 Å². The first-order valence-electron chi connectivity index (χ1n) is 5.09. The topological polar surface area (TPSA) is 54.0 Å². The largest absolute Gasteiger partial charge is 0.323 e. The van der Waals surface area contributed by atoms with E-state index in [0.717, 1.165) is 16.6 Å². The summed E-state index contributed by atoms with van der Waals surface area (Å²) in [6, 6.07) is 9.57. The van der Waals surface area contributed by atoms with Gasteiger partial charge in [-0.15, -0.1) is 0 Å². The van der Waals surface area contributed by atoms with E-state index < -0.39 is 0 Å². The van der Waals surface area contributed by atoms with Gasteiger partial charge in [-0.25, -0.2) is 0 Å². The molecule has 0 unspecified atom stereocenters. The van der Waals surface area contributed by atoms with Crippen LogP contribution in [0.2, 0.25) is 0 Å². The molecule has 0 radical (unpaired) electrons. The van der Waals surface area contributed by atoms with Crippen molar-refractivity contribution in [1.82, 2.24) is 10.3 Å². The van der Waals surface area contributed by atoms with Crippen LogP contribution in [0, 0.1) is 0 Å². The monoisotopic (exact) mass is 215 g/mol. The summed E-state index contributed by atoms with van der Waals surface area (Å²) in [6.07, 6.45) is 1.72. The van der Waals surface area contributed by atoms with Crippen molar-refractivity contribution in [2.45, 2.75) is 0 Å². The van der Waals surface area contributed by atoms with E-state index in [9.17, 15) is 4.79 Å². The highest BCUT2D eigenvalue weighted by Gasteiger charge is 2.04. The predicted molar refractivity (Wildman–Crippen MR) is 64.3 cm³/mol. The van der Waals surface area contributed by atoms with E-state index in [1.807, 2.05) is 30.3 Å². The molecule has 2 N–H and O–H groups in total. The van der Waals surface area contributed by atoms with Crippen LogP contribution in [0.25, 0.3) is 10.9 Å². The van der Waals surface area contributed by atoms with Gasteiger partial charge in [0, 0.05) is 11.6 Å². The zero-order valence-corrected chi connectivity index (χ0v) is 9.03. The van der Waals surface area contributed by atoms with Gasteiger partial charge in [0.2, 0.25) is 5.91 Å². The molecule has 0 fully saturated rings. The zero-order chi connectivity index (χ0) is 11.4. The predicted octanol–water partition coefficient (Wildman–Crippen LogP) is 1.39. The van der Waals surface area contributed by atoms with Crippen molar-refractivity contribution in [3.63, 3.8) is 0 Å². The van der Waals surface area contributed by atoms with Crippen LogP contribution < -0.4 is 10.6 Å². The average Bonchev–Trinajstić information content (AvgIpc) is 2.30. The van der Waals surface area contributed by atoms with Gasteiger partial charge in [0.1, 0.15) is 0 Å². The number of amides is 1. The van der Waals surface area contributed by atoms with Gasteiger partial charge in [-0.05, 0) is 19.2 Å². The Morgan fingerprint density at radius 1 is 1.31 bits per heavy atom. The first-order valence-corrected chi connectivity index (χ1v) is 5.09. The Morgan fingerprint density at radius 3 is 2.94 bits per heavy atom. The number of pyridine rings is 1. The van der Waals surface area contributed by atoms with Gasteiger partial charge in [0.05, 0.1) is 17.7 Å². The number of hydrogen-bond donors (Lipinski definition) is 2. The number of hydrogen-bond acceptors (Lipinski definition) is 3. The third-order valence-electron chi connectivity index (χ3n) is 2.24. The maximum Gasteiger partial charge on any atom is 0.238 e. The number of aromatic nitrogens is 1. The van der Waals surface area contributed by atoms with E-state index in [0.29, 0.717) is 6.54 Å². The molecule has 1 aromatic heterocycles. The Morgan fingerprint density at radius 2 is 2.12 bits per heavy atom. The number of nitrogens with one attached hydrogen (secondary N) is 2. The van der Waals surface area contributed by atoms with Gasteiger partial charge in [0.25, 0.3) is 0 Å². The third kappa shape index (κ3) is 2.17. The molecule has 0 aliphatic carbocycles. The summed E-state index contributed by atoms with van der Waals surface area (Å²) in [5, 5.41) is 6.64. The molecule has 1 amide bonds. The van der Waals surface area contributed by atoms with Crippen molar-refractivity contribution >= 4 is 22.5 Å². The first-order chi connectivity index (χ1) is 7.81. The van der Waals surface area contributed by atoms with Gasteiger partial charge in [-0.3, -0.25) is 9.78 Å². The van der Waals surface area contributed by atoms with Crippen LogP contribution in [0.4, 0.5) is 5.69 Å². The molecule has 16 heavy (non-hydrogen) atoms. The van der Waals surface area contributed by atoms with E-state index in [1.54, 1.807) is 13.2 Å². The molecular formula is C12H13N3O. The summed E-state index contributed by atoms with van der Waals surface area (Å²) in [7, 11) is 1.74. The molecule has 0 saturated carbocycles. The second-order valence-electron chi connectivity index (χ2n) is 3.46. The summed E-state index contributed by atoms with van der Waals surface area (Å²) in [6.45, 7) is 0.295. The lowest BCUT2D eigenvalue weighted by molar-refractivity contribution is -0.115. The normalized spacial score (nSPS) is 10.3. The summed E-state index contributed by atoms with van der Waals surface area (Å²) in [5.74, 6) is -0.0688. The molecule has 1 heterocycles. The van der Waals surface area contributed by atoms with Gasteiger partial charge < -0.3 is 10.6 Å². The van der Waals surface area contributed by atoms with Crippen molar-refractivity contribution in [3.8, 4) is 0 Å². The molecular weight excluding hydrogens is 202 g/mol. The second kappa shape index (κ2) is 4.72. The highest BCUT2D eigenvalue weighted by molar-refractivity contribution is 6.00. The number of para-hydroxylation sites is 1. The molecule has 4 nitrogen and oxygen atoms in total. The first kappa shape index (κ1) is 10.6. The van der Waals surface area contributed by atoms with Crippen molar-refractivity contribution in [3.05, 3.63) is 36.5 Å². The Bertz CT molecular complexity index is 505. The van der Waals surface area contributed by atoms with E-state index >= 15 is 0 Å². The van der Waals surface area contributed by atoms with Gasteiger partial charge in [-0.1, -0.05) is 18.2 Å². The molecule has 0 bridgehead atoms. The summed E-state index contributed by atoms with van der Waals surface area (Å²) >= 11 is 0. The third-order valence-corrected chi connectivity index (χ3v) is 2.24. The highest BCUT2D eigenvalue weighted by atomic mass is 16.1. The van der Waals surface area contributed by atoms with Gasteiger partial charge in [-0.2, -0.15) is 0 Å². The number of nitrogens with zero attached hydrogens (tertiary/aromatic N) is 1. The quantitative estimate of drug-likeness (QED) is 0.813. The summed E-state index contributed by atoms with van der Waals surface area (Å²) in [4.78, 5) is 15.7. The maximum absolute atomic E-state index is 11.5. The van der Waals surface area contributed by atoms with E-state index in [4.69, 9.17) is 0 Å². The molecule has 0 atom stereocenters. The minimum Gasteiger partial charge on any atom is -0.323 e. The lowest BCUT2D eigenvalue weighted by Crippen LogP contribution is -2.25. The van der Waals surface area contributed by atoms with E-state index in [2.05, 4.69) is 15.6 Å². The van der Waals surface area contributed by atoms with Crippen molar-refractivity contribution < 1.29 is 4.79 Å². The number of carbonyl (C=O) groups excluding carboxylic acids is 1. The summed E-state index contributed by atoms with van der Waals surface area (Å²) in [5.41, 5.74) is 1.56. The van der Waals surface area contributed by atoms with E-state index in [1.165, 1.54) is 0 Å².